The summed E-state index contributed by atoms with van der Waals surface area (Å²) < 4.78 is 33.6. The lowest BCUT2D eigenvalue weighted by Gasteiger charge is -2.16. The number of rotatable bonds is 5. The summed E-state index contributed by atoms with van der Waals surface area (Å²) in [6.07, 6.45) is 4.60. The van der Waals surface area contributed by atoms with Crippen LogP contribution in [0.4, 0.5) is 0 Å². The smallest absolute Gasteiger partial charge is 0.250 e. The molecule has 0 radical (unpaired) electrons. The van der Waals surface area contributed by atoms with Crippen molar-refractivity contribution in [2.45, 2.75) is 24.3 Å². The highest BCUT2D eigenvalue weighted by Crippen LogP contribution is 2.24. The van der Waals surface area contributed by atoms with Gasteiger partial charge in [0.15, 0.2) is 0 Å². The quantitative estimate of drug-likeness (QED) is 0.667. The Balaban J connectivity index is 1.62. The first-order valence-electron chi connectivity index (χ1n) is 8.23. The third-order valence-electron chi connectivity index (χ3n) is 4.28. The summed E-state index contributed by atoms with van der Waals surface area (Å²) in [7, 11) is -3.57. The van der Waals surface area contributed by atoms with E-state index in [4.69, 9.17) is 4.42 Å². The molecule has 4 heterocycles. The van der Waals surface area contributed by atoms with Crippen LogP contribution in [0.2, 0.25) is 0 Å². The Hall–Kier alpha value is -2.23. The van der Waals surface area contributed by atoms with Crippen molar-refractivity contribution in [1.29, 1.82) is 0 Å². The molecule has 0 N–H and O–H groups in total. The van der Waals surface area contributed by atoms with Gasteiger partial charge in [-0.25, -0.2) is 13.4 Å². The highest BCUT2D eigenvalue weighted by Gasteiger charge is 2.27. The van der Waals surface area contributed by atoms with Crippen molar-refractivity contribution < 1.29 is 12.8 Å². The third-order valence-corrected chi connectivity index (χ3v) is 7.02. The molecular formula is C17H17N3O4S2. The maximum absolute atomic E-state index is 12.7. The Morgan fingerprint density at radius 3 is 2.73 bits per heavy atom. The zero-order valence-electron chi connectivity index (χ0n) is 13.9. The molecule has 136 valence electrons. The second kappa shape index (κ2) is 6.82. The van der Waals surface area contributed by atoms with Crippen LogP contribution in [0.5, 0.6) is 0 Å². The molecule has 0 aliphatic carbocycles. The minimum atomic E-state index is -3.57. The van der Waals surface area contributed by atoms with E-state index in [1.54, 1.807) is 0 Å². The first-order chi connectivity index (χ1) is 12.5. The molecule has 26 heavy (non-hydrogen) atoms. The fraction of sp³-hybridized carbons (Fsp3) is 0.294. The van der Waals surface area contributed by atoms with E-state index in [0.717, 1.165) is 17.7 Å². The number of aromatic nitrogens is 2. The molecule has 1 saturated heterocycles. The van der Waals surface area contributed by atoms with Crippen LogP contribution in [-0.2, 0) is 16.6 Å². The number of sulfonamides is 1. The zero-order valence-corrected chi connectivity index (χ0v) is 15.5. The molecule has 1 aliphatic rings. The molecule has 3 aromatic rings. The molecule has 3 aromatic heterocycles. The van der Waals surface area contributed by atoms with Crippen LogP contribution in [0.3, 0.4) is 0 Å². The molecule has 0 saturated carbocycles. The Morgan fingerprint density at radius 2 is 2.00 bits per heavy atom. The molecule has 0 aromatic carbocycles. The van der Waals surface area contributed by atoms with Crippen molar-refractivity contribution in [3.8, 4) is 10.8 Å². The normalized spacial score (nSPS) is 15.5. The summed E-state index contributed by atoms with van der Waals surface area (Å²) in [6, 6.07) is 6.45. The van der Waals surface area contributed by atoms with Gasteiger partial charge in [-0.05, 0) is 30.4 Å². The van der Waals surface area contributed by atoms with Gasteiger partial charge in [0.2, 0.25) is 15.9 Å². The van der Waals surface area contributed by atoms with E-state index < -0.39 is 10.0 Å². The summed E-state index contributed by atoms with van der Waals surface area (Å²) in [4.78, 5) is 17.6. The van der Waals surface area contributed by atoms with Crippen LogP contribution >= 0.6 is 11.3 Å². The van der Waals surface area contributed by atoms with Gasteiger partial charge in [-0.2, -0.15) is 4.31 Å². The number of hydrogen-bond acceptors (Lipinski definition) is 6. The van der Waals surface area contributed by atoms with E-state index in [0.29, 0.717) is 24.7 Å². The Labute approximate surface area is 154 Å². The summed E-state index contributed by atoms with van der Waals surface area (Å²) in [5.74, 6) is 0.490. The highest BCUT2D eigenvalue weighted by molar-refractivity contribution is 7.89. The molecule has 0 atom stereocenters. The largest absolute Gasteiger partial charge is 0.443 e. The monoisotopic (exact) mass is 391 g/mol. The van der Waals surface area contributed by atoms with Crippen molar-refractivity contribution in [2.75, 3.05) is 13.1 Å². The van der Waals surface area contributed by atoms with Crippen molar-refractivity contribution in [1.82, 2.24) is 13.9 Å². The molecule has 1 aliphatic heterocycles. The number of thiophene rings is 1. The maximum atomic E-state index is 12.7. The van der Waals surface area contributed by atoms with Crippen molar-refractivity contribution in [3.63, 3.8) is 0 Å². The number of nitrogens with zero attached hydrogens (tertiary/aromatic N) is 3. The first-order valence-corrected chi connectivity index (χ1v) is 10.5. The second-order valence-corrected chi connectivity index (χ2v) is 8.95. The van der Waals surface area contributed by atoms with Crippen LogP contribution in [0, 0.1) is 0 Å². The molecule has 0 unspecified atom stereocenters. The summed E-state index contributed by atoms with van der Waals surface area (Å²) in [5.41, 5.74) is 0.275. The number of hydrogen-bond donors (Lipinski definition) is 0. The lowest BCUT2D eigenvalue weighted by atomic mass is 10.4. The Kier molecular flexibility index (Phi) is 4.51. The molecule has 0 spiro atoms. The van der Waals surface area contributed by atoms with Crippen LogP contribution in [0.1, 0.15) is 18.5 Å². The van der Waals surface area contributed by atoms with Gasteiger partial charge in [-0.3, -0.25) is 4.79 Å². The van der Waals surface area contributed by atoms with Gasteiger partial charge in [0.1, 0.15) is 6.26 Å². The SMILES string of the molecule is O=c1ccc(S(=O)(=O)N2CCCC2)cn1Cc1coc(-c2cccs2)n1. The summed E-state index contributed by atoms with van der Waals surface area (Å²) in [6.45, 7) is 1.20. The molecule has 4 rings (SSSR count). The Bertz CT molecular complexity index is 1060. The molecule has 1 fully saturated rings. The lowest BCUT2D eigenvalue weighted by Crippen LogP contribution is -2.29. The van der Waals surface area contributed by atoms with Crippen molar-refractivity contribution in [3.05, 3.63) is 58.2 Å². The predicted molar refractivity (Wildman–Crippen MR) is 97.6 cm³/mol. The standard InChI is InChI=1S/C17H17N3O4S2/c21-16-6-5-14(26(22,23)20-7-1-2-8-20)11-19(16)10-13-12-24-17(18-13)15-4-3-9-25-15/h3-6,9,11-12H,1-2,7-8,10H2. The minimum absolute atomic E-state index is 0.126. The average Bonchev–Trinajstić information content (AvgIpc) is 3.39. The molecule has 0 amide bonds. The fourth-order valence-electron chi connectivity index (χ4n) is 2.93. The van der Waals surface area contributed by atoms with Crippen LogP contribution in [0.25, 0.3) is 10.8 Å². The van der Waals surface area contributed by atoms with Gasteiger partial charge in [-0.15, -0.1) is 11.3 Å². The van der Waals surface area contributed by atoms with E-state index in [1.165, 1.54) is 44.8 Å². The van der Waals surface area contributed by atoms with Gasteiger partial charge < -0.3 is 8.98 Å². The zero-order chi connectivity index (χ0) is 18.1. The lowest BCUT2D eigenvalue weighted by molar-refractivity contribution is 0.476. The van der Waals surface area contributed by atoms with Gasteiger partial charge in [-0.1, -0.05) is 6.07 Å². The highest BCUT2D eigenvalue weighted by atomic mass is 32.2. The predicted octanol–water partition coefficient (Wildman–Crippen LogP) is 2.40. The third kappa shape index (κ3) is 3.25. The van der Waals surface area contributed by atoms with Crippen LogP contribution in [0.15, 0.2) is 56.2 Å². The van der Waals surface area contributed by atoms with Crippen molar-refractivity contribution in [2.24, 2.45) is 0 Å². The fourth-order valence-corrected chi connectivity index (χ4v) is 5.12. The van der Waals surface area contributed by atoms with Crippen LogP contribution < -0.4 is 5.56 Å². The summed E-state index contributed by atoms with van der Waals surface area (Å²) >= 11 is 1.51. The summed E-state index contributed by atoms with van der Waals surface area (Å²) in [5, 5.41) is 1.93. The van der Waals surface area contributed by atoms with Gasteiger partial charge >= 0.3 is 0 Å². The minimum Gasteiger partial charge on any atom is -0.443 e. The second-order valence-electron chi connectivity index (χ2n) is 6.06. The topological polar surface area (TPSA) is 85.4 Å². The van der Waals surface area contributed by atoms with Gasteiger partial charge in [0.05, 0.1) is 22.0 Å². The molecular weight excluding hydrogens is 374 g/mol. The average molecular weight is 391 g/mol. The molecule has 0 bridgehead atoms. The molecule has 9 heteroatoms. The maximum Gasteiger partial charge on any atom is 0.250 e. The van der Waals surface area contributed by atoms with Crippen LogP contribution in [-0.4, -0.2) is 35.4 Å². The first kappa shape index (κ1) is 17.2. The van der Waals surface area contributed by atoms with Gasteiger partial charge in [0.25, 0.3) is 5.56 Å². The van der Waals surface area contributed by atoms with E-state index in [2.05, 4.69) is 4.98 Å². The molecule has 7 nitrogen and oxygen atoms in total. The Morgan fingerprint density at radius 1 is 1.19 bits per heavy atom. The van der Waals surface area contributed by atoms with Gasteiger partial charge in [0, 0.05) is 25.4 Å². The number of pyridine rings is 1. The number of oxazole rings is 1. The van der Waals surface area contributed by atoms with E-state index in [9.17, 15) is 13.2 Å². The van der Waals surface area contributed by atoms with Crippen molar-refractivity contribution >= 4 is 21.4 Å². The van der Waals surface area contributed by atoms with E-state index >= 15 is 0 Å². The van der Waals surface area contributed by atoms with E-state index in [1.807, 2.05) is 17.5 Å². The van der Waals surface area contributed by atoms with E-state index in [-0.39, 0.29) is 17.0 Å².